The Morgan fingerprint density at radius 2 is 2.31 bits per heavy atom. The Morgan fingerprint density at radius 1 is 1.54 bits per heavy atom. The highest BCUT2D eigenvalue weighted by Gasteiger charge is 2.21. The predicted octanol–water partition coefficient (Wildman–Crippen LogP) is 1.13. The molecule has 4 nitrogen and oxygen atoms in total. The maximum Gasteiger partial charge on any atom is 0.329 e. The van der Waals surface area contributed by atoms with Gasteiger partial charge in [-0.2, -0.15) is 0 Å². The predicted molar refractivity (Wildman–Crippen MR) is 51.9 cm³/mol. The highest BCUT2D eigenvalue weighted by molar-refractivity contribution is 5.73. The van der Waals surface area contributed by atoms with E-state index in [2.05, 4.69) is 17.7 Å². The number of amides is 2. The summed E-state index contributed by atoms with van der Waals surface area (Å²) in [4.78, 5) is 10.9. The van der Waals surface area contributed by atoms with Crippen molar-refractivity contribution >= 4 is 6.03 Å². The first kappa shape index (κ1) is 10.3. The lowest BCUT2D eigenvalue weighted by atomic mass is 9.84. The normalized spacial score (nSPS) is 28.2. The molecule has 0 aromatic rings. The topological polar surface area (TPSA) is 67.2 Å². The monoisotopic (exact) mass is 185 g/mol. The van der Waals surface area contributed by atoms with Gasteiger partial charge in [0.15, 0.2) is 0 Å². The van der Waals surface area contributed by atoms with Gasteiger partial charge in [-0.05, 0) is 18.8 Å². The number of hydrogen-bond acceptors (Lipinski definition) is 2. The van der Waals surface area contributed by atoms with Gasteiger partial charge >= 0.3 is 6.03 Å². The molecule has 13 heavy (non-hydrogen) atoms. The number of rotatable bonds is 2. The van der Waals surface area contributed by atoms with Crippen LogP contribution in [0.5, 0.6) is 0 Å². The van der Waals surface area contributed by atoms with E-state index in [0.29, 0.717) is 6.04 Å². The molecule has 2 amide bonds. The zero-order chi connectivity index (χ0) is 9.68. The maximum atomic E-state index is 10.9. The largest absolute Gasteiger partial charge is 0.334 e. The highest BCUT2D eigenvalue weighted by Crippen LogP contribution is 2.26. The van der Waals surface area contributed by atoms with Crippen molar-refractivity contribution in [1.82, 2.24) is 10.7 Å². The van der Waals surface area contributed by atoms with Gasteiger partial charge in [-0.25, -0.2) is 10.6 Å². The fraction of sp³-hybridized carbons (Fsp3) is 0.889. The summed E-state index contributed by atoms with van der Waals surface area (Å²) < 4.78 is 0. The molecular formula is C9H19N3O. The minimum Gasteiger partial charge on any atom is -0.334 e. The maximum absolute atomic E-state index is 10.9. The quantitative estimate of drug-likeness (QED) is 0.343. The molecule has 0 radical (unpaired) electrons. The van der Waals surface area contributed by atoms with Crippen molar-refractivity contribution in [2.24, 2.45) is 11.8 Å². The summed E-state index contributed by atoms with van der Waals surface area (Å²) in [6, 6.07) is 0.0593. The number of nitrogens with two attached hydrogens (primary N) is 1. The van der Waals surface area contributed by atoms with Crippen LogP contribution in [0.2, 0.25) is 0 Å². The van der Waals surface area contributed by atoms with Crippen LogP contribution in [-0.2, 0) is 0 Å². The molecule has 2 unspecified atom stereocenters. The van der Waals surface area contributed by atoms with Crippen LogP contribution >= 0.6 is 0 Å². The molecule has 1 aliphatic carbocycles. The van der Waals surface area contributed by atoms with Crippen molar-refractivity contribution in [3.05, 3.63) is 0 Å². The van der Waals surface area contributed by atoms with Crippen molar-refractivity contribution in [1.29, 1.82) is 0 Å². The minimum absolute atomic E-state index is 0.262. The Labute approximate surface area is 79.2 Å². The second-order valence-electron chi connectivity index (χ2n) is 3.76. The van der Waals surface area contributed by atoms with E-state index in [4.69, 9.17) is 5.84 Å². The Hall–Kier alpha value is -0.770. The van der Waals surface area contributed by atoms with Gasteiger partial charge in [0.1, 0.15) is 0 Å². The molecule has 1 saturated carbocycles. The van der Waals surface area contributed by atoms with Crippen LogP contribution in [0.4, 0.5) is 4.79 Å². The van der Waals surface area contributed by atoms with E-state index in [1.807, 2.05) is 0 Å². The fourth-order valence-corrected chi connectivity index (χ4v) is 2.02. The standard InChI is InChI=1S/C9H19N3O/c1-2-7-4-3-5-8(6-7)11-9(13)12-10/h7-8H,2-6,10H2,1H3,(H2,11,12,13). The smallest absolute Gasteiger partial charge is 0.329 e. The first-order valence-electron chi connectivity index (χ1n) is 5.03. The molecule has 0 bridgehead atoms. The Balaban J connectivity index is 2.29. The molecule has 1 fully saturated rings. The molecule has 0 aromatic heterocycles. The third kappa shape index (κ3) is 3.22. The second kappa shape index (κ2) is 5.07. The van der Waals surface area contributed by atoms with Crippen molar-refractivity contribution in [2.75, 3.05) is 0 Å². The third-order valence-electron chi connectivity index (χ3n) is 2.83. The van der Waals surface area contributed by atoms with Gasteiger partial charge in [0.2, 0.25) is 0 Å². The van der Waals surface area contributed by atoms with Crippen LogP contribution in [0.3, 0.4) is 0 Å². The molecule has 0 aromatic carbocycles. The molecule has 0 heterocycles. The average Bonchev–Trinajstić information content (AvgIpc) is 2.18. The summed E-state index contributed by atoms with van der Waals surface area (Å²) in [5, 5.41) is 2.86. The summed E-state index contributed by atoms with van der Waals surface area (Å²) in [6.45, 7) is 2.20. The third-order valence-corrected chi connectivity index (χ3v) is 2.83. The van der Waals surface area contributed by atoms with E-state index in [1.54, 1.807) is 0 Å². The summed E-state index contributed by atoms with van der Waals surface area (Å²) in [5.74, 6) is 5.77. The molecular weight excluding hydrogens is 166 g/mol. The highest BCUT2D eigenvalue weighted by atomic mass is 16.2. The van der Waals surface area contributed by atoms with Crippen molar-refractivity contribution in [3.8, 4) is 0 Å². The van der Waals surface area contributed by atoms with Crippen molar-refractivity contribution < 1.29 is 4.79 Å². The second-order valence-corrected chi connectivity index (χ2v) is 3.76. The fourth-order valence-electron chi connectivity index (χ4n) is 2.02. The van der Waals surface area contributed by atoms with Crippen LogP contribution in [0.25, 0.3) is 0 Å². The van der Waals surface area contributed by atoms with Crippen LogP contribution in [0.1, 0.15) is 39.0 Å². The van der Waals surface area contributed by atoms with E-state index >= 15 is 0 Å². The Kier molecular flexibility index (Phi) is 4.02. The molecule has 76 valence electrons. The zero-order valence-corrected chi connectivity index (χ0v) is 8.18. The number of carbonyl (C=O) groups is 1. The van der Waals surface area contributed by atoms with Gasteiger partial charge in [-0.15, -0.1) is 0 Å². The number of carbonyl (C=O) groups excluding carboxylic acids is 1. The lowest BCUT2D eigenvalue weighted by Gasteiger charge is -2.28. The summed E-state index contributed by atoms with van der Waals surface area (Å²) >= 11 is 0. The SMILES string of the molecule is CCC1CCCC(NC(=O)NN)C1. The molecule has 0 aliphatic heterocycles. The molecule has 2 atom stereocenters. The molecule has 1 aliphatic rings. The van der Waals surface area contributed by atoms with Gasteiger partial charge in [0.05, 0.1) is 0 Å². The Bertz CT molecular complexity index is 172. The zero-order valence-electron chi connectivity index (χ0n) is 8.18. The first-order valence-corrected chi connectivity index (χ1v) is 5.03. The van der Waals surface area contributed by atoms with E-state index < -0.39 is 0 Å². The molecule has 4 heteroatoms. The van der Waals surface area contributed by atoms with Gasteiger partial charge < -0.3 is 5.32 Å². The molecule has 0 spiro atoms. The van der Waals surface area contributed by atoms with Crippen LogP contribution in [0, 0.1) is 5.92 Å². The van der Waals surface area contributed by atoms with Crippen LogP contribution < -0.4 is 16.6 Å². The van der Waals surface area contributed by atoms with Gasteiger partial charge in [0.25, 0.3) is 0 Å². The molecule has 0 saturated heterocycles. The summed E-state index contributed by atoms with van der Waals surface area (Å²) in [7, 11) is 0. The number of hydrazine groups is 1. The van der Waals surface area contributed by atoms with E-state index in [0.717, 1.165) is 18.8 Å². The van der Waals surface area contributed by atoms with Crippen molar-refractivity contribution in [2.45, 2.75) is 45.1 Å². The first-order chi connectivity index (χ1) is 6.26. The molecule has 4 N–H and O–H groups in total. The number of nitrogens with one attached hydrogen (secondary N) is 2. The van der Waals surface area contributed by atoms with Crippen LogP contribution in [0.15, 0.2) is 0 Å². The summed E-state index contributed by atoms with van der Waals surface area (Å²) in [5.41, 5.74) is 2.10. The van der Waals surface area contributed by atoms with Gasteiger partial charge in [-0.3, -0.25) is 5.43 Å². The lowest BCUT2D eigenvalue weighted by molar-refractivity contribution is 0.224. The van der Waals surface area contributed by atoms with Gasteiger partial charge in [0, 0.05) is 6.04 Å². The van der Waals surface area contributed by atoms with Crippen LogP contribution in [-0.4, -0.2) is 12.1 Å². The summed E-state index contributed by atoms with van der Waals surface area (Å²) in [6.07, 6.45) is 5.92. The number of urea groups is 1. The number of hydrogen-bond donors (Lipinski definition) is 3. The van der Waals surface area contributed by atoms with Gasteiger partial charge in [-0.1, -0.05) is 26.2 Å². The Morgan fingerprint density at radius 3 is 2.92 bits per heavy atom. The average molecular weight is 185 g/mol. The van der Waals surface area contributed by atoms with E-state index in [9.17, 15) is 4.79 Å². The molecule has 1 rings (SSSR count). The van der Waals surface area contributed by atoms with E-state index in [1.165, 1.54) is 19.3 Å². The lowest BCUT2D eigenvalue weighted by Crippen LogP contribution is -2.46. The van der Waals surface area contributed by atoms with E-state index in [-0.39, 0.29) is 6.03 Å². The minimum atomic E-state index is -0.262. The van der Waals surface area contributed by atoms with Crippen molar-refractivity contribution in [3.63, 3.8) is 0 Å².